The molecule has 0 spiro atoms. The van der Waals surface area contributed by atoms with E-state index in [-0.39, 0.29) is 0 Å². The molecule has 2 rings (SSSR count). The second-order valence-corrected chi connectivity index (χ2v) is 4.51. The Kier molecular flexibility index (Phi) is 2.18. The molecule has 1 aromatic rings. The molecule has 1 heterocycles. The molecule has 0 aliphatic carbocycles. The van der Waals surface area contributed by atoms with Crippen LogP contribution in [0, 0.1) is 6.92 Å². The summed E-state index contributed by atoms with van der Waals surface area (Å²) in [7, 11) is 0. The Balaban J connectivity index is 2.43. The predicted molar refractivity (Wildman–Crippen MR) is 55.6 cm³/mol. The second kappa shape index (κ2) is 3.08. The third-order valence-electron chi connectivity index (χ3n) is 2.54. The lowest BCUT2D eigenvalue weighted by Crippen LogP contribution is -2.57. The van der Waals surface area contributed by atoms with Crippen molar-refractivity contribution in [3.63, 3.8) is 0 Å². The number of hydrogen-bond acceptors (Lipinski definition) is 2. The molecule has 3 heteroatoms. The van der Waals surface area contributed by atoms with Crippen molar-refractivity contribution < 1.29 is 5.11 Å². The molecule has 0 atom stereocenters. The highest BCUT2D eigenvalue weighted by molar-refractivity contribution is 9.10. The first-order chi connectivity index (χ1) is 6.12. The fourth-order valence-corrected chi connectivity index (χ4v) is 2.01. The van der Waals surface area contributed by atoms with Gasteiger partial charge in [0.2, 0.25) is 0 Å². The summed E-state index contributed by atoms with van der Waals surface area (Å²) in [5.74, 6) is 0. The largest absolute Gasteiger partial charge is 0.382 e. The number of halogens is 1. The van der Waals surface area contributed by atoms with Crippen molar-refractivity contribution in [3.8, 4) is 0 Å². The number of benzene rings is 1. The molecule has 0 radical (unpaired) electrons. The topological polar surface area (TPSA) is 32.3 Å². The lowest BCUT2D eigenvalue weighted by atomic mass is 9.85. The van der Waals surface area contributed by atoms with Crippen LogP contribution in [0.4, 0.5) is 0 Å². The van der Waals surface area contributed by atoms with Gasteiger partial charge in [-0.2, -0.15) is 0 Å². The first-order valence-electron chi connectivity index (χ1n) is 4.31. The van der Waals surface area contributed by atoms with Crippen LogP contribution in [0.1, 0.15) is 11.1 Å². The molecule has 0 bridgehead atoms. The first kappa shape index (κ1) is 9.19. The fourth-order valence-electron chi connectivity index (χ4n) is 1.65. The summed E-state index contributed by atoms with van der Waals surface area (Å²) in [6, 6.07) is 6.01. The lowest BCUT2D eigenvalue weighted by Gasteiger charge is -2.39. The molecule has 13 heavy (non-hydrogen) atoms. The summed E-state index contributed by atoms with van der Waals surface area (Å²) in [4.78, 5) is 0. The SMILES string of the molecule is Cc1ccc(Br)cc1C1(O)CNC1. The monoisotopic (exact) mass is 241 g/mol. The Morgan fingerprint density at radius 1 is 1.46 bits per heavy atom. The molecule has 2 nitrogen and oxygen atoms in total. The highest BCUT2D eigenvalue weighted by atomic mass is 79.9. The maximum absolute atomic E-state index is 10.1. The molecule has 1 saturated heterocycles. The van der Waals surface area contributed by atoms with Crippen LogP contribution in [0.5, 0.6) is 0 Å². The molecular formula is C10H12BrNO. The summed E-state index contributed by atoms with van der Waals surface area (Å²) < 4.78 is 1.02. The van der Waals surface area contributed by atoms with Gasteiger partial charge in [0.25, 0.3) is 0 Å². The molecule has 1 aliphatic heterocycles. The Morgan fingerprint density at radius 3 is 2.69 bits per heavy atom. The Labute approximate surface area is 86.1 Å². The van der Waals surface area contributed by atoms with Crippen molar-refractivity contribution in [1.82, 2.24) is 5.32 Å². The Morgan fingerprint density at radius 2 is 2.15 bits per heavy atom. The third kappa shape index (κ3) is 1.52. The molecule has 2 N–H and O–H groups in total. The van der Waals surface area contributed by atoms with Crippen LogP contribution in [0.3, 0.4) is 0 Å². The number of aryl methyl sites for hydroxylation is 1. The minimum absolute atomic E-state index is 0.645. The van der Waals surface area contributed by atoms with Crippen molar-refractivity contribution >= 4 is 15.9 Å². The van der Waals surface area contributed by atoms with E-state index in [1.807, 2.05) is 25.1 Å². The summed E-state index contributed by atoms with van der Waals surface area (Å²) in [6.07, 6.45) is 0. The third-order valence-corrected chi connectivity index (χ3v) is 3.03. The fraction of sp³-hybridized carbons (Fsp3) is 0.400. The number of β-amino-alcohol motifs (C(OH)–C–C–N with tert-alkyl or cyclic N) is 1. The van der Waals surface area contributed by atoms with Gasteiger partial charge in [-0.1, -0.05) is 22.0 Å². The van der Waals surface area contributed by atoms with Gasteiger partial charge in [-0.05, 0) is 30.2 Å². The van der Waals surface area contributed by atoms with Crippen molar-refractivity contribution in [3.05, 3.63) is 33.8 Å². The van der Waals surface area contributed by atoms with Gasteiger partial charge in [-0.15, -0.1) is 0 Å². The zero-order chi connectivity index (χ0) is 9.47. The molecule has 1 fully saturated rings. The molecular weight excluding hydrogens is 230 g/mol. The van der Waals surface area contributed by atoms with Gasteiger partial charge in [0.15, 0.2) is 0 Å². The molecule has 0 saturated carbocycles. The van der Waals surface area contributed by atoms with Gasteiger partial charge in [0, 0.05) is 17.6 Å². The highest BCUT2D eigenvalue weighted by Crippen LogP contribution is 2.30. The van der Waals surface area contributed by atoms with E-state index in [4.69, 9.17) is 0 Å². The Bertz CT molecular complexity index is 334. The number of aliphatic hydroxyl groups is 1. The van der Waals surface area contributed by atoms with Crippen molar-refractivity contribution in [1.29, 1.82) is 0 Å². The molecule has 1 aromatic carbocycles. The summed E-state index contributed by atoms with van der Waals surface area (Å²) >= 11 is 3.41. The van der Waals surface area contributed by atoms with Gasteiger partial charge in [0.05, 0.1) is 0 Å². The van der Waals surface area contributed by atoms with Crippen LogP contribution in [0.15, 0.2) is 22.7 Å². The summed E-state index contributed by atoms with van der Waals surface area (Å²) in [6.45, 7) is 3.34. The second-order valence-electron chi connectivity index (χ2n) is 3.59. The van der Waals surface area contributed by atoms with Crippen LogP contribution in [-0.2, 0) is 5.60 Å². The lowest BCUT2D eigenvalue weighted by molar-refractivity contribution is -0.0152. The quantitative estimate of drug-likeness (QED) is 0.783. The summed E-state index contributed by atoms with van der Waals surface area (Å²) in [5, 5.41) is 13.2. The zero-order valence-electron chi connectivity index (χ0n) is 7.47. The molecule has 0 unspecified atom stereocenters. The molecule has 1 aliphatic rings. The average Bonchev–Trinajstić information content (AvgIpc) is 2.05. The van der Waals surface area contributed by atoms with Crippen molar-refractivity contribution in [2.24, 2.45) is 0 Å². The first-order valence-corrected chi connectivity index (χ1v) is 5.11. The minimum atomic E-state index is -0.645. The van der Waals surface area contributed by atoms with E-state index < -0.39 is 5.60 Å². The normalized spacial score (nSPS) is 19.6. The smallest absolute Gasteiger partial charge is 0.115 e. The summed E-state index contributed by atoms with van der Waals surface area (Å²) in [5.41, 5.74) is 1.53. The van der Waals surface area contributed by atoms with Gasteiger partial charge in [-0.3, -0.25) is 0 Å². The number of hydrogen-bond donors (Lipinski definition) is 2. The van der Waals surface area contributed by atoms with E-state index in [1.54, 1.807) is 0 Å². The van der Waals surface area contributed by atoms with Gasteiger partial charge in [0.1, 0.15) is 5.60 Å². The van der Waals surface area contributed by atoms with E-state index in [0.29, 0.717) is 13.1 Å². The maximum Gasteiger partial charge on any atom is 0.115 e. The number of nitrogens with one attached hydrogen (secondary N) is 1. The van der Waals surface area contributed by atoms with Crippen molar-refractivity contribution in [2.75, 3.05) is 13.1 Å². The predicted octanol–water partition coefficient (Wildman–Crippen LogP) is 1.55. The van der Waals surface area contributed by atoms with Gasteiger partial charge in [-0.25, -0.2) is 0 Å². The van der Waals surface area contributed by atoms with E-state index in [1.165, 1.54) is 0 Å². The van der Waals surface area contributed by atoms with E-state index >= 15 is 0 Å². The standard InChI is InChI=1S/C10H12BrNO/c1-7-2-3-8(11)4-9(7)10(13)5-12-6-10/h2-4,12-13H,5-6H2,1H3. The molecule has 70 valence electrons. The van der Waals surface area contributed by atoms with Gasteiger partial charge < -0.3 is 10.4 Å². The van der Waals surface area contributed by atoms with Crippen LogP contribution in [0.25, 0.3) is 0 Å². The zero-order valence-corrected chi connectivity index (χ0v) is 9.06. The molecule has 0 amide bonds. The van der Waals surface area contributed by atoms with Crippen molar-refractivity contribution in [2.45, 2.75) is 12.5 Å². The Hall–Kier alpha value is -0.380. The van der Waals surface area contributed by atoms with E-state index in [0.717, 1.165) is 15.6 Å². The average molecular weight is 242 g/mol. The minimum Gasteiger partial charge on any atom is -0.382 e. The van der Waals surface area contributed by atoms with Crippen LogP contribution >= 0.6 is 15.9 Å². The van der Waals surface area contributed by atoms with Crippen LogP contribution in [0.2, 0.25) is 0 Å². The van der Waals surface area contributed by atoms with Gasteiger partial charge >= 0.3 is 0 Å². The van der Waals surface area contributed by atoms with E-state index in [2.05, 4.69) is 21.2 Å². The van der Waals surface area contributed by atoms with Crippen LogP contribution < -0.4 is 5.32 Å². The highest BCUT2D eigenvalue weighted by Gasteiger charge is 2.37. The number of rotatable bonds is 1. The maximum atomic E-state index is 10.1. The molecule has 0 aromatic heterocycles. The van der Waals surface area contributed by atoms with E-state index in [9.17, 15) is 5.11 Å². The van der Waals surface area contributed by atoms with Crippen LogP contribution in [-0.4, -0.2) is 18.2 Å².